The maximum absolute atomic E-state index is 11.4. The number of para-hydroxylation sites is 1. The van der Waals surface area contributed by atoms with Gasteiger partial charge in [-0.1, -0.05) is 6.07 Å². The van der Waals surface area contributed by atoms with Gasteiger partial charge in [0.15, 0.2) is 5.75 Å². The van der Waals surface area contributed by atoms with E-state index < -0.39 is 5.97 Å². The van der Waals surface area contributed by atoms with Crippen molar-refractivity contribution in [3.8, 4) is 5.75 Å². The van der Waals surface area contributed by atoms with Crippen molar-refractivity contribution >= 4 is 11.7 Å². The van der Waals surface area contributed by atoms with Crippen molar-refractivity contribution in [3.63, 3.8) is 0 Å². The molecule has 0 aromatic heterocycles. The summed E-state index contributed by atoms with van der Waals surface area (Å²) < 4.78 is 10.1. The molecule has 0 saturated heterocycles. The Balaban J connectivity index is 3.14. The fourth-order valence-electron chi connectivity index (χ4n) is 1.19. The van der Waals surface area contributed by atoms with Crippen molar-refractivity contribution in [1.29, 1.82) is 0 Å². The summed E-state index contributed by atoms with van der Waals surface area (Å²) in [6, 6.07) is 5.00. The molecule has 1 aromatic carbocycles. The highest BCUT2D eigenvalue weighted by atomic mass is 16.5. The van der Waals surface area contributed by atoms with Crippen molar-refractivity contribution in [2.45, 2.75) is 20.0 Å². The normalized spacial score (nSPS) is 10.1. The zero-order chi connectivity index (χ0) is 11.4. The van der Waals surface area contributed by atoms with Gasteiger partial charge in [-0.3, -0.25) is 0 Å². The van der Waals surface area contributed by atoms with Gasteiger partial charge in [-0.25, -0.2) is 4.79 Å². The zero-order valence-corrected chi connectivity index (χ0v) is 9.11. The van der Waals surface area contributed by atoms with Gasteiger partial charge in [-0.15, -0.1) is 0 Å². The summed E-state index contributed by atoms with van der Waals surface area (Å²) in [5, 5.41) is 0. The maximum Gasteiger partial charge on any atom is 0.341 e. The number of anilines is 1. The van der Waals surface area contributed by atoms with Crippen LogP contribution in [0.25, 0.3) is 0 Å². The van der Waals surface area contributed by atoms with E-state index >= 15 is 0 Å². The van der Waals surface area contributed by atoms with E-state index in [9.17, 15) is 4.79 Å². The molecular weight excluding hydrogens is 194 g/mol. The smallest absolute Gasteiger partial charge is 0.341 e. The Bertz CT molecular complexity index is 361. The largest absolute Gasteiger partial charge is 0.488 e. The van der Waals surface area contributed by atoms with E-state index in [1.54, 1.807) is 18.2 Å². The van der Waals surface area contributed by atoms with Crippen LogP contribution >= 0.6 is 0 Å². The molecule has 0 bridgehead atoms. The second-order valence-corrected chi connectivity index (χ2v) is 3.38. The number of ether oxygens (including phenoxy) is 2. The van der Waals surface area contributed by atoms with Gasteiger partial charge >= 0.3 is 5.97 Å². The Labute approximate surface area is 89.0 Å². The molecule has 4 nitrogen and oxygen atoms in total. The average Bonchev–Trinajstić information content (AvgIpc) is 2.19. The first-order valence-electron chi connectivity index (χ1n) is 4.69. The first-order chi connectivity index (χ1) is 7.06. The van der Waals surface area contributed by atoms with Crippen LogP contribution in [0.4, 0.5) is 5.69 Å². The molecular formula is C11H15NO3. The molecule has 2 N–H and O–H groups in total. The Morgan fingerprint density at radius 1 is 1.40 bits per heavy atom. The van der Waals surface area contributed by atoms with Crippen molar-refractivity contribution in [2.75, 3.05) is 12.8 Å². The maximum atomic E-state index is 11.4. The minimum Gasteiger partial charge on any atom is -0.488 e. The molecule has 0 aliphatic carbocycles. The number of carbonyl (C=O) groups excluding carboxylic acids is 1. The van der Waals surface area contributed by atoms with Crippen LogP contribution in [0.2, 0.25) is 0 Å². The number of methoxy groups -OCH3 is 1. The molecule has 0 spiro atoms. The molecule has 0 heterocycles. The van der Waals surface area contributed by atoms with E-state index in [0.717, 1.165) is 0 Å². The summed E-state index contributed by atoms with van der Waals surface area (Å²) in [7, 11) is 1.32. The van der Waals surface area contributed by atoms with E-state index in [1.807, 2.05) is 13.8 Å². The topological polar surface area (TPSA) is 61.5 Å². The van der Waals surface area contributed by atoms with Crippen LogP contribution in [0.3, 0.4) is 0 Å². The van der Waals surface area contributed by atoms with Gasteiger partial charge in [0.2, 0.25) is 0 Å². The number of benzene rings is 1. The van der Waals surface area contributed by atoms with E-state index in [0.29, 0.717) is 17.0 Å². The Kier molecular flexibility index (Phi) is 3.55. The summed E-state index contributed by atoms with van der Waals surface area (Å²) in [4.78, 5) is 11.4. The SMILES string of the molecule is COC(=O)c1cccc(N)c1OC(C)C. The van der Waals surface area contributed by atoms with Crippen LogP contribution < -0.4 is 10.5 Å². The molecule has 4 heteroatoms. The molecule has 82 valence electrons. The van der Waals surface area contributed by atoms with E-state index in [1.165, 1.54) is 7.11 Å². The van der Waals surface area contributed by atoms with Gasteiger partial charge in [0.05, 0.1) is 18.9 Å². The molecule has 0 unspecified atom stereocenters. The van der Waals surface area contributed by atoms with Gasteiger partial charge in [-0.05, 0) is 26.0 Å². The Hall–Kier alpha value is -1.71. The summed E-state index contributed by atoms with van der Waals surface area (Å²) in [6.45, 7) is 3.74. The Morgan fingerprint density at radius 3 is 2.60 bits per heavy atom. The van der Waals surface area contributed by atoms with Crippen molar-refractivity contribution < 1.29 is 14.3 Å². The molecule has 0 saturated carbocycles. The molecule has 1 aromatic rings. The molecule has 0 atom stereocenters. The molecule has 15 heavy (non-hydrogen) atoms. The summed E-state index contributed by atoms with van der Waals surface area (Å²) >= 11 is 0. The van der Waals surface area contributed by atoms with Crippen molar-refractivity contribution in [1.82, 2.24) is 0 Å². The highest BCUT2D eigenvalue weighted by Crippen LogP contribution is 2.27. The average molecular weight is 209 g/mol. The van der Waals surface area contributed by atoms with E-state index in [4.69, 9.17) is 10.5 Å². The molecule has 0 aliphatic heterocycles. The van der Waals surface area contributed by atoms with E-state index in [2.05, 4.69) is 4.74 Å². The van der Waals surface area contributed by atoms with Gasteiger partial charge in [0, 0.05) is 0 Å². The van der Waals surface area contributed by atoms with E-state index in [-0.39, 0.29) is 6.10 Å². The minimum atomic E-state index is -0.446. The summed E-state index contributed by atoms with van der Waals surface area (Å²) in [6.07, 6.45) is -0.0434. The number of hydrogen-bond donors (Lipinski definition) is 1. The first-order valence-corrected chi connectivity index (χ1v) is 4.69. The second-order valence-electron chi connectivity index (χ2n) is 3.38. The van der Waals surface area contributed by atoms with Crippen LogP contribution in [0.15, 0.2) is 18.2 Å². The zero-order valence-electron chi connectivity index (χ0n) is 9.11. The highest BCUT2D eigenvalue weighted by Gasteiger charge is 2.16. The fourth-order valence-corrected chi connectivity index (χ4v) is 1.19. The third kappa shape index (κ3) is 2.62. The molecule has 1 rings (SSSR count). The number of nitrogens with two attached hydrogens (primary N) is 1. The van der Waals surface area contributed by atoms with Crippen LogP contribution in [-0.4, -0.2) is 19.2 Å². The predicted molar refractivity (Wildman–Crippen MR) is 58.0 cm³/mol. The lowest BCUT2D eigenvalue weighted by Gasteiger charge is -2.14. The van der Waals surface area contributed by atoms with Crippen LogP contribution in [0.1, 0.15) is 24.2 Å². The molecule has 0 radical (unpaired) electrons. The fraction of sp³-hybridized carbons (Fsp3) is 0.364. The lowest BCUT2D eigenvalue weighted by molar-refractivity contribution is 0.0594. The van der Waals surface area contributed by atoms with Crippen LogP contribution in [0, 0.1) is 0 Å². The number of nitrogen functional groups attached to an aromatic ring is 1. The lowest BCUT2D eigenvalue weighted by atomic mass is 10.1. The molecule has 0 amide bonds. The monoisotopic (exact) mass is 209 g/mol. The van der Waals surface area contributed by atoms with Gasteiger partial charge in [0.1, 0.15) is 5.56 Å². The quantitative estimate of drug-likeness (QED) is 0.609. The number of esters is 1. The number of carbonyl (C=O) groups is 1. The summed E-state index contributed by atoms with van der Waals surface area (Å²) in [5.74, 6) is -0.0581. The standard InChI is InChI=1S/C11H15NO3/c1-7(2)15-10-8(11(13)14-3)5-4-6-9(10)12/h4-7H,12H2,1-3H3. The Morgan fingerprint density at radius 2 is 2.07 bits per heavy atom. The first kappa shape index (κ1) is 11.4. The second kappa shape index (κ2) is 4.68. The van der Waals surface area contributed by atoms with Gasteiger partial charge in [0.25, 0.3) is 0 Å². The van der Waals surface area contributed by atoms with Crippen molar-refractivity contribution in [3.05, 3.63) is 23.8 Å². The van der Waals surface area contributed by atoms with Gasteiger partial charge < -0.3 is 15.2 Å². The third-order valence-corrected chi connectivity index (χ3v) is 1.80. The molecule has 0 fully saturated rings. The summed E-state index contributed by atoms with van der Waals surface area (Å²) in [5.41, 5.74) is 6.52. The lowest BCUT2D eigenvalue weighted by Crippen LogP contribution is -2.12. The predicted octanol–water partition coefficient (Wildman–Crippen LogP) is 1.84. The third-order valence-electron chi connectivity index (χ3n) is 1.80. The number of hydrogen-bond acceptors (Lipinski definition) is 4. The van der Waals surface area contributed by atoms with Crippen molar-refractivity contribution in [2.24, 2.45) is 0 Å². The minimum absolute atomic E-state index is 0.0434. The van der Waals surface area contributed by atoms with Gasteiger partial charge in [-0.2, -0.15) is 0 Å². The number of rotatable bonds is 3. The van der Waals surface area contributed by atoms with Crippen LogP contribution in [-0.2, 0) is 4.74 Å². The molecule has 0 aliphatic rings. The highest BCUT2D eigenvalue weighted by molar-refractivity contribution is 5.94. The van der Waals surface area contributed by atoms with Crippen LogP contribution in [0.5, 0.6) is 5.75 Å².